The van der Waals surface area contributed by atoms with Gasteiger partial charge in [0.2, 0.25) is 5.91 Å². The molecule has 1 aromatic carbocycles. The summed E-state index contributed by atoms with van der Waals surface area (Å²) in [6.45, 7) is 0.974. The first-order chi connectivity index (χ1) is 17.0. The van der Waals surface area contributed by atoms with E-state index in [0.29, 0.717) is 24.6 Å². The first-order valence-corrected chi connectivity index (χ1v) is 12.2. The third kappa shape index (κ3) is 3.99. The average Bonchev–Trinajstić information content (AvgIpc) is 3.63. The molecule has 35 heavy (non-hydrogen) atoms. The highest BCUT2D eigenvalue weighted by atomic mass is 32.2. The minimum Gasteiger partial charge on any atom is -0.489 e. The molecular formula is C25H23N7O2S. The monoisotopic (exact) mass is 485 g/mol. The fourth-order valence-electron chi connectivity index (χ4n) is 4.25. The van der Waals surface area contributed by atoms with Gasteiger partial charge in [0, 0.05) is 46.8 Å². The Balaban J connectivity index is 1.32. The van der Waals surface area contributed by atoms with Gasteiger partial charge in [-0.05, 0) is 43.2 Å². The van der Waals surface area contributed by atoms with Crippen molar-refractivity contribution in [3.05, 3.63) is 60.6 Å². The predicted octanol–water partition coefficient (Wildman–Crippen LogP) is 3.63. The van der Waals surface area contributed by atoms with Gasteiger partial charge < -0.3 is 9.64 Å². The molecule has 0 unspecified atom stereocenters. The van der Waals surface area contributed by atoms with Crippen molar-refractivity contribution in [2.45, 2.75) is 17.7 Å². The van der Waals surface area contributed by atoms with Gasteiger partial charge in [-0.2, -0.15) is 5.10 Å². The Morgan fingerprint density at radius 2 is 2.00 bits per heavy atom. The number of hydrogen-bond acceptors (Lipinski definition) is 7. The van der Waals surface area contributed by atoms with Crippen molar-refractivity contribution in [2.24, 2.45) is 13.0 Å². The molecular weight excluding hydrogens is 462 g/mol. The molecule has 0 bridgehead atoms. The fourth-order valence-corrected chi connectivity index (χ4v) is 5.04. The SMILES string of the molecule is Cn1cc(-c2ccc(=N)n(C(=N)Sc3ccc4ncc5c(c4c3)OCCN5C(=O)C3CC3)c2)cn1. The van der Waals surface area contributed by atoms with E-state index < -0.39 is 0 Å². The van der Waals surface area contributed by atoms with Crippen molar-refractivity contribution < 1.29 is 9.53 Å². The summed E-state index contributed by atoms with van der Waals surface area (Å²) in [5, 5.41) is 22.2. The van der Waals surface area contributed by atoms with Crippen molar-refractivity contribution >= 4 is 39.4 Å². The first-order valence-electron chi connectivity index (χ1n) is 11.4. The molecule has 10 heteroatoms. The standard InChI is InChI=1S/C25H23N7O2S/c1-30-13-17(11-29-30)16-4-7-22(26)32(14-16)25(27)35-18-5-6-20-19(10-18)23-21(12-28-20)31(8-9-34-23)24(33)15-2-3-15/h4-7,10-15,26-27H,2-3,8-9H2,1H3. The summed E-state index contributed by atoms with van der Waals surface area (Å²) < 4.78 is 9.27. The molecule has 0 radical (unpaired) electrons. The number of thioether (sulfide) groups is 1. The summed E-state index contributed by atoms with van der Waals surface area (Å²) in [4.78, 5) is 20.0. The Hall–Kier alpha value is -3.92. The molecule has 1 saturated carbocycles. The van der Waals surface area contributed by atoms with E-state index in [0.717, 1.165) is 39.8 Å². The van der Waals surface area contributed by atoms with Crippen LogP contribution in [0, 0.1) is 16.7 Å². The molecule has 2 aliphatic rings. The molecule has 9 nitrogen and oxygen atoms in total. The van der Waals surface area contributed by atoms with Crippen LogP contribution in [0.5, 0.6) is 5.75 Å². The number of hydrogen-bond donors (Lipinski definition) is 2. The van der Waals surface area contributed by atoms with Gasteiger partial charge in [-0.1, -0.05) is 11.8 Å². The zero-order valence-corrected chi connectivity index (χ0v) is 19.9. The summed E-state index contributed by atoms with van der Waals surface area (Å²) in [6, 6.07) is 9.28. The smallest absolute Gasteiger partial charge is 0.230 e. The number of aryl methyl sites for hydroxylation is 1. The molecule has 1 fully saturated rings. The Labute approximate surface area is 205 Å². The summed E-state index contributed by atoms with van der Waals surface area (Å²) in [7, 11) is 1.85. The number of carbonyl (C=O) groups excluding carboxylic acids is 1. The van der Waals surface area contributed by atoms with Gasteiger partial charge in [-0.15, -0.1) is 0 Å². The maximum absolute atomic E-state index is 12.8. The van der Waals surface area contributed by atoms with E-state index in [1.54, 1.807) is 38.8 Å². The molecule has 0 atom stereocenters. The zero-order chi connectivity index (χ0) is 24.1. The van der Waals surface area contributed by atoms with Crippen molar-refractivity contribution in [3.8, 4) is 16.9 Å². The summed E-state index contributed by atoms with van der Waals surface area (Å²) in [6.07, 6.45) is 9.06. The lowest BCUT2D eigenvalue weighted by Crippen LogP contribution is -2.39. The van der Waals surface area contributed by atoms with E-state index in [1.807, 2.05) is 37.5 Å². The third-order valence-corrected chi connectivity index (χ3v) is 7.12. The highest BCUT2D eigenvalue weighted by Crippen LogP contribution is 2.41. The minimum atomic E-state index is 0.123. The second kappa shape index (κ2) is 8.38. The molecule has 0 spiro atoms. The van der Waals surface area contributed by atoms with E-state index in [-0.39, 0.29) is 22.5 Å². The summed E-state index contributed by atoms with van der Waals surface area (Å²) in [5.74, 6) is 0.935. The number of anilines is 1. The van der Waals surface area contributed by atoms with Gasteiger partial charge in [0.15, 0.2) is 10.9 Å². The summed E-state index contributed by atoms with van der Waals surface area (Å²) in [5.41, 5.74) is 3.50. The molecule has 176 valence electrons. The Kier molecular flexibility index (Phi) is 5.18. The molecule has 1 aliphatic heterocycles. The number of nitrogens with one attached hydrogen (secondary N) is 2. The van der Waals surface area contributed by atoms with Crippen LogP contribution in [-0.2, 0) is 11.8 Å². The van der Waals surface area contributed by atoms with Crippen LogP contribution in [0.3, 0.4) is 0 Å². The molecule has 3 aromatic heterocycles. The van der Waals surface area contributed by atoms with Crippen LogP contribution in [0.1, 0.15) is 12.8 Å². The van der Waals surface area contributed by atoms with Crippen molar-refractivity contribution in [1.82, 2.24) is 19.3 Å². The van der Waals surface area contributed by atoms with Gasteiger partial charge in [0.05, 0.1) is 24.5 Å². The number of rotatable bonds is 3. The number of carbonyl (C=O) groups is 1. The molecule has 4 heterocycles. The third-order valence-electron chi connectivity index (χ3n) is 6.24. The molecule has 4 aromatic rings. The second-order valence-electron chi connectivity index (χ2n) is 8.75. The van der Waals surface area contributed by atoms with Crippen LogP contribution in [-0.4, -0.2) is 43.6 Å². The van der Waals surface area contributed by atoms with E-state index >= 15 is 0 Å². The average molecular weight is 486 g/mol. The lowest BCUT2D eigenvalue weighted by atomic mass is 10.1. The predicted molar refractivity (Wildman–Crippen MR) is 134 cm³/mol. The lowest BCUT2D eigenvalue weighted by Gasteiger charge is -2.30. The van der Waals surface area contributed by atoms with Crippen LogP contribution in [0.15, 0.2) is 60.0 Å². The Bertz CT molecular complexity index is 1550. The van der Waals surface area contributed by atoms with Crippen molar-refractivity contribution in [2.75, 3.05) is 18.1 Å². The van der Waals surface area contributed by atoms with Crippen LogP contribution >= 0.6 is 11.8 Å². The number of aromatic nitrogens is 4. The van der Waals surface area contributed by atoms with E-state index in [4.69, 9.17) is 15.6 Å². The number of benzene rings is 1. The number of nitrogens with zero attached hydrogens (tertiary/aromatic N) is 5. The highest BCUT2D eigenvalue weighted by Gasteiger charge is 2.36. The highest BCUT2D eigenvalue weighted by molar-refractivity contribution is 8.13. The van der Waals surface area contributed by atoms with Crippen LogP contribution in [0.4, 0.5) is 5.69 Å². The molecule has 1 amide bonds. The second-order valence-corrected chi connectivity index (χ2v) is 9.81. The van der Waals surface area contributed by atoms with Crippen molar-refractivity contribution in [3.63, 3.8) is 0 Å². The number of pyridine rings is 2. The normalized spacial score (nSPS) is 15.1. The number of ether oxygens (including phenoxy) is 1. The van der Waals surface area contributed by atoms with Gasteiger partial charge in [0.25, 0.3) is 0 Å². The topological polar surface area (TPSA) is 113 Å². The van der Waals surface area contributed by atoms with E-state index in [1.165, 1.54) is 11.8 Å². The van der Waals surface area contributed by atoms with Gasteiger partial charge in [-0.25, -0.2) is 0 Å². The van der Waals surface area contributed by atoms with Gasteiger partial charge in [-0.3, -0.25) is 29.8 Å². The Morgan fingerprint density at radius 3 is 2.77 bits per heavy atom. The summed E-state index contributed by atoms with van der Waals surface area (Å²) >= 11 is 1.25. The maximum atomic E-state index is 12.8. The Morgan fingerprint density at radius 1 is 1.14 bits per heavy atom. The molecule has 0 saturated heterocycles. The molecule has 6 rings (SSSR count). The molecule has 2 N–H and O–H groups in total. The largest absolute Gasteiger partial charge is 0.489 e. The lowest BCUT2D eigenvalue weighted by molar-refractivity contribution is -0.120. The van der Waals surface area contributed by atoms with Gasteiger partial charge >= 0.3 is 0 Å². The van der Waals surface area contributed by atoms with Crippen LogP contribution < -0.4 is 15.1 Å². The minimum absolute atomic E-state index is 0.123. The van der Waals surface area contributed by atoms with Gasteiger partial charge in [0.1, 0.15) is 17.8 Å². The van der Waals surface area contributed by atoms with Crippen molar-refractivity contribution in [1.29, 1.82) is 10.8 Å². The van der Waals surface area contributed by atoms with E-state index in [2.05, 4.69) is 10.1 Å². The van der Waals surface area contributed by atoms with Crippen LogP contribution in [0.2, 0.25) is 0 Å². The first kappa shape index (κ1) is 21.6. The van der Waals surface area contributed by atoms with Crippen LogP contribution in [0.25, 0.3) is 22.0 Å². The number of amides is 1. The quantitative estimate of drug-likeness (QED) is 0.261. The fraction of sp³-hybridized carbons (Fsp3) is 0.240. The van der Waals surface area contributed by atoms with E-state index in [9.17, 15) is 4.79 Å². The maximum Gasteiger partial charge on any atom is 0.230 e. The number of fused-ring (bicyclic) bond motifs is 3. The zero-order valence-electron chi connectivity index (χ0n) is 19.1. The molecule has 1 aliphatic carbocycles.